The van der Waals surface area contributed by atoms with Gasteiger partial charge < -0.3 is 15.0 Å². The molecule has 0 saturated carbocycles. The summed E-state index contributed by atoms with van der Waals surface area (Å²) in [6.45, 7) is 2.01. The Bertz CT molecular complexity index is 917. The van der Waals surface area contributed by atoms with Gasteiger partial charge in [0.2, 0.25) is 10.0 Å². The van der Waals surface area contributed by atoms with Gasteiger partial charge in [-0.05, 0) is 56.5 Å². The summed E-state index contributed by atoms with van der Waals surface area (Å²) < 4.78 is 29.0. The molecule has 0 unspecified atom stereocenters. The number of carboxylic acids is 1. The lowest BCUT2D eigenvalue weighted by Crippen LogP contribution is -2.28. The highest BCUT2D eigenvalue weighted by atomic mass is 32.2. The first-order chi connectivity index (χ1) is 12.9. The molecule has 148 valence electrons. The second kappa shape index (κ2) is 8.37. The molecule has 0 atom stereocenters. The summed E-state index contributed by atoms with van der Waals surface area (Å²) in [5.74, 6) is 0.619. The molecule has 1 fully saturated rings. The number of carboxylic acid groups (broad SMARTS) is 1. The molecule has 2 heterocycles. The molecule has 8 nitrogen and oxygen atoms in total. The molecule has 1 saturated heterocycles. The molecule has 3 N–H and O–H groups in total. The van der Waals surface area contributed by atoms with Gasteiger partial charge in [-0.25, -0.2) is 18.1 Å². The third-order valence-corrected chi connectivity index (χ3v) is 6.58. The van der Waals surface area contributed by atoms with Gasteiger partial charge >= 0.3 is 5.97 Å². The van der Waals surface area contributed by atoms with Crippen molar-refractivity contribution in [2.24, 2.45) is 13.0 Å². The normalized spacial score (nSPS) is 16.0. The molecular formula is C18H26N4O4S. The van der Waals surface area contributed by atoms with Crippen molar-refractivity contribution in [3.8, 4) is 0 Å². The minimum absolute atomic E-state index is 0.100. The summed E-state index contributed by atoms with van der Waals surface area (Å²) in [5, 5.41) is 12.0. The Morgan fingerprint density at radius 1 is 1.37 bits per heavy atom. The average molecular weight is 394 g/mol. The first-order valence-electron chi connectivity index (χ1n) is 9.24. The number of aryl methyl sites for hydroxylation is 2. The smallest absolute Gasteiger partial charge is 0.304 e. The second-order valence-corrected chi connectivity index (χ2v) is 8.78. The molecule has 1 aliphatic rings. The van der Waals surface area contributed by atoms with Crippen molar-refractivity contribution in [2.75, 3.05) is 19.6 Å². The third-order valence-electron chi connectivity index (χ3n) is 5.12. The molecule has 9 heteroatoms. The zero-order valence-electron chi connectivity index (χ0n) is 15.4. The molecule has 1 aromatic carbocycles. The van der Waals surface area contributed by atoms with E-state index in [0.29, 0.717) is 11.4 Å². The van der Waals surface area contributed by atoms with E-state index in [0.717, 1.165) is 37.3 Å². The Hall–Kier alpha value is -1.97. The van der Waals surface area contributed by atoms with Crippen molar-refractivity contribution in [3.63, 3.8) is 0 Å². The molecular weight excluding hydrogens is 368 g/mol. The van der Waals surface area contributed by atoms with E-state index in [1.807, 2.05) is 11.6 Å². The number of fused-ring (bicyclic) bond motifs is 1. The van der Waals surface area contributed by atoms with Crippen LogP contribution >= 0.6 is 0 Å². The predicted molar refractivity (Wildman–Crippen MR) is 102 cm³/mol. The molecule has 0 aliphatic carbocycles. The summed E-state index contributed by atoms with van der Waals surface area (Å²) in [7, 11) is -1.80. The van der Waals surface area contributed by atoms with Crippen LogP contribution in [0.3, 0.4) is 0 Å². The van der Waals surface area contributed by atoms with E-state index in [1.54, 1.807) is 12.1 Å². The Balaban J connectivity index is 1.74. The minimum Gasteiger partial charge on any atom is -0.481 e. The van der Waals surface area contributed by atoms with Gasteiger partial charge in [0, 0.05) is 20.0 Å². The Morgan fingerprint density at radius 3 is 2.81 bits per heavy atom. The van der Waals surface area contributed by atoms with E-state index in [9.17, 15) is 13.2 Å². The van der Waals surface area contributed by atoms with Crippen LogP contribution in [0.25, 0.3) is 11.0 Å². The number of piperidine rings is 1. The lowest BCUT2D eigenvalue weighted by atomic mass is 9.93. The van der Waals surface area contributed by atoms with Crippen LogP contribution in [0, 0.1) is 5.92 Å². The highest BCUT2D eigenvalue weighted by Gasteiger charge is 2.18. The fourth-order valence-electron chi connectivity index (χ4n) is 3.50. The highest BCUT2D eigenvalue weighted by Crippen LogP contribution is 2.23. The highest BCUT2D eigenvalue weighted by molar-refractivity contribution is 7.89. The van der Waals surface area contributed by atoms with Crippen LogP contribution in [-0.2, 0) is 28.3 Å². The summed E-state index contributed by atoms with van der Waals surface area (Å²) in [6.07, 6.45) is 4.07. The maximum absolute atomic E-state index is 12.3. The van der Waals surface area contributed by atoms with Crippen molar-refractivity contribution in [3.05, 3.63) is 24.0 Å². The van der Waals surface area contributed by atoms with E-state index in [1.165, 1.54) is 18.9 Å². The molecule has 0 bridgehead atoms. The zero-order valence-corrected chi connectivity index (χ0v) is 16.3. The van der Waals surface area contributed by atoms with Crippen molar-refractivity contribution >= 4 is 27.0 Å². The predicted octanol–water partition coefficient (Wildman–Crippen LogP) is 1.26. The minimum atomic E-state index is -3.75. The maximum Gasteiger partial charge on any atom is 0.304 e. The molecule has 0 spiro atoms. The topological polar surface area (TPSA) is 113 Å². The number of hydrogen-bond donors (Lipinski definition) is 3. The third kappa shape index (κ3) is 4.85. The van der Waals surface area contributed by atoms with Crippen LogP contribution in [0.15, 0.2) is 23.1 Å². The fourth-order valence-corrected chi connectivity index (χ4v) is 4.55. The number of aliphatic carboxylic acids is 1. The number of hydrogen-bond acceptors (Lipinski definition) is 5. The van der Waals surface area contributed by atoms with E-state index in [4.69, 9.17) is 5.11 Å². The van der Waals surface area contributed by atoms with Gasteiger partial charge in [0.25, 0.3) is 0 Å². The van der Waals surface area contributed by atoms with Gasteiger partial charge in [0.1, 0.15) is 5.82 Å². The first kappa shape index (κ1) is 19.8. The van der Waals surface area contributed by atoms with Crippen LogP contribution in [0.4, 0.5) is 0 Å². The first-order valence-corrected chi connectivity index (χ1v) is 10.7. The van der Waals surface area contributed by atoms with Crippen molar-refractivity contribution in [1.29, 1.82) is 0 Å². The second-order valence-electron chi connectivity index (χ2n) is 7.01. The van der Waals surface area contributed by atoms with Gasteiger partial charge in [-0.1, -0.05) is 0 Å². The van der Waals surface area contributed by atoms with Crippen molar-refractivity contribution < 1.29 is 18.3 Å². The number of aromatic nitrogens is 2. The van der Waals surface area contributed by atoms with E-state index in [2.05, 4.69) is 15.0 Å². The molecule has 3 rings (SSSR count). The Labute approximate surface area is 159 Å². The van der Waals surface area contributed by atoms with Gasteiger partial charge in [-0.2, -0.15) is 0 Å². The number of benzene rings is 1. The molecule has 0 radical (unpaired) electrons. The van der Waals surface area contributed by atoms with Crippen molar-refractivity contribution in [1.82, 2.24) is 19.6 Å². The van der Waals surface area contributed by atoms with E-state index < -0.39 is 16.0 Å². The maximum atomic E-state index is 12.3. The van der Waals surface area contributed by atoms with Gasteiger partial charge in [-0.3, -0.25) is 4.79 Å². The summed E-state index contributed by atoms with van der Waals surface area (Å²) in [4.78, 5) is 15.3. The van der Waals surface area contributed by atoms with Crippen LogP contribution < -0.4 is 10.0 Å². The SMILES string of the molecule is Cn1c(CCC2CCNCC2)nc2cc(S(=O)(=O)NCCC(=O)O)ccc21. The van der Waals surface area contributed by atoms with Crippen LogP contribution in [0.2, 0.25) is 0 Å². The zero-order chi connectivity index (χ0) is 19.4. The molecule has 27 heavy (non-hydrogen) atoms. The van der Waals surface area contributed by atoms with Gasteiger partial charge in [-0.15, -0.1) is 0 Å². The fraction of sp³-hybridized carbons (Fsp3) is 0.556. The van der Waals surface area contributed by atoms with E-state index >= 15 is 0 Å². The van der Waals surface area contributed by atoms with Crippen molar-refractivity contribution in [2.45, 2.75) is 37.0 Å². The molecule has 1 aromatic heterocycles. The van der Waals surface area contributed by atoms with Crippen LogP contribution in [0.5, 0.6) is 0 Å². The number of sulfonamides is 1. The molecule has 2 aromatic rings. The summed E-state index contributed by atoms with van der Waals surface area (Å²) in [6, 6.07) is 4.83. The number of carbonyl (C=O) groups is 1. The van der Waals surface area contributed by atoms with Crippen LogP contribution in [-0.4, -0.2) is 48.7 Å². The lowest BCUT2D eigenvalue weighted by Gasteiger charge is -2.22. The standard InChI is InChI=1S/C18H26N4O4S/c1-22-16-4-3-14(27(25,26)20-11-8-18(23)24)12-15(16)21-17(22)5-2-13-6-9-19-10-7-13/h3-4,12-13,19-20H,2,5-11H2,1H3,(H,23,24). The summed E-state index contributed by atoms with van der Waals surface area (Å²) in [5.41, 5.74) is 1.53. The largest absolute Gasteiger partial charge is 0.481 e. The Kier molecular flexibility index (Phi) is 6.13. The summed E-state index contributed by atoms with van der Waals surface area (Å²) >= 11 is 0. The number of nitrogens with one attached hydrogen (secondary N) is 2. The number of rotatable bonds is 8. The lowest BCUT2D eigenvalue weighted by molar-refractivity contribution is -0.136. The molecule has 1 aliphatic heterocycles. The molecule has 0 amide bonds. The van der Waals surface area contributed by atoms with E-state index in [-0.39, 0.29) is 17.9 Å². The quantitative estimate of drug-likeness (QED) is 0.621. The number of nitrogens with zero attached hydrogens (tertiary/aromatic N) is 2. The van der Waals surface area contributed by atoms with Gasteiger partial charge in [0.15, 0.2) is 0 Å². The Morgan fingerprint density at radius 2 is 2.11 bits per heavy atom. The van der Waals surface area contributed by atoms with Crippen LogP contribution in [0.1, 0.15) is 31.5 Å². The average Bonchev–Trinajstić information content (AvgIpc) is 2.96. The monoisotopic (exact) mass is 394 g/mol. The number of imidazole rings is 1. The van der Waals surface area contributed by atoms with Gasteiger partial charge in [0.05, 0.1) is 22.3 Å².